The van der Waals surface area contributed by atoms with Gasteiger partial charge in [0.15, 0.2) is 5.78 Å². The van der Waals surface area contributed by atoms with Gasteiger partial charge in [-0.25, -0.2) is 0 Å². The van der Waals surface area contributed by atoms with Crippen molar-refractivity contribution in [1.29, 1.82) is 0 Å². The molecule has 0 atom stereocenters. The molecular formula is C22H22N2O2. The minimum absolute atomic E-state index is 0.122. The van der Waals surface area contributed by atoms with Gasteiger partial charge in [0.05, 0.1) is 18.4 Å². The van der Waals surface area contributed by atoms with Crippen molar-refractivity contribution in [3.63, 3.8) is 0 Å². The number of hydrogen-bond acceptors (Lipinski definition) is 4. The molecule has 26 heavy (non-hydrogen) atoms. The maximum atomic E-state index is 13.0. The first kappa shape index (κ1) is 16.6. The summed E-state index contributed by atoms with van der Waals surface area (Å²) in [7, 11) is 1.64. The van der Waals surface area contributed by atoms with Crippen LogP contribution < -0.4 is 10.1 Å². The largest absolute Gasteiger partial charge is 0.494 e. The summed E-state index contributed by atoms with van der Waals surface area (Å²) < 4.78 is 5.46. The van der Waals surface area contributed by atoms with E-state index in [-0.39, 0.29) is 11.7 Å². The first-order chi connectivity index (χ1) is 12.7. The molecule has 0 aliphatic heterocycles. The van der Waals surface area contributed by atoms with Gasteiger partial charge in [0.25, 0.3) is 0 Å². The molecular weight excluding hydrogens is 324 g/mol. The van der Waals surface area contributed by atoms with Crippen LogP contribution in [0.15, 0.2) is 48.7 Å². The maximum absolute atomic E-state index is 13.0. The number of carbonyl (C=O) groups is 1. The number of benzene rings is 2. The lowest BCUT2D eigenvalue weighted by Crippen LogP contribution is -2.23. The Labute approximate surface area is 153 Å². The highest BCUT2D eigenvalue weighted by Gasteiger charge is 2.29. The van der Waals surface area contributed by atoms with Gasteiger partial charge in [-0.1, -0.05) is 36.8 Å². The highest BCUT2D eigenvalue weighted by molar-refractivity contribution is 6.10. The summed E-state index contributed by atoms with van der Waals surface area (Å²) in [5.74, 6) is 1.01. The molecule has 132 valence electrons. The van der Waals surface area contributed by atoms with Crippen molar-refractivity contribution in [3.8, 4) is 5.75 Å². The highest BCUT2D eigenvalue weighted by Crippen LogP contribution is 2.38. The highest BCUT2D eigenvalue weighted by atomic mass is 16.5. The molecule has 0 bridgehead atoms. The molecule has 0 unspecified atom stereocenters. The Bertz CT molecular complexity index is 977. The molecule has 1 saturated carbocycles. The van der Waals surface area contributed by atoms with Crippen LogP contribution in [0.1, 0.15) is 35.2 Å². The zero-order valence-corrected chi connectivity index (χ0v) is 15.1. The number of ketones is 1. The fraction of sp³-hybridized carbons (Fsp3) is 0.273. The number of hydrogen-bond donors (Lipinski definition) is 1. The number of nitrogens with one attached hydrogen (secondary N) is 1. The van der Waals surface area contributed by atoms with E-state index in [1.54, 1.807) is 13.3 Å². The van der Waals surface area contributed by atoms with E-state index in [0.717, 1.165) is 47.1 Å². The molecule has 1 aliphatic carbocycles. The number of Topliss-reactive ketones (excluding diaryl/α,β-unsaturated/α-hetero) is 1. The summed E-state index contributed by atoms with van der Waals surface area (Å²) in [6, 6.07) is 13.9. The standard InChI is InChI=1S/C22H22N2O2/c1-14-7-3-4-11-18(14)24-20-16-10-6-12-19(26-2)21(16)23-13-17(20)22(25)15-8-5-9-15/h3-4,6-7,10-13,15H,5,8-9H2,1-2H3,(H,23,24). The van der Waals surface area contributed by atoms with Gasteiger partial charge in [-0.3, -0.25) is 9.78 Å². The molecule has 0 saturated heterocycles. The van der Waals surface area contributed by atoms with Gasteiger partial charge in [-0.05, 0) is 37.5 Å². The molecule has 4 rings (SSSR count). The maximum Gasteiger partial charge on any atom is 0.169 e. The zero-order chi connectivity index (χ0) is 18.1. The first-order valence-corrected chi connectivity index (χ1v) is 9.01. The van der Waals surface area contributed by atoms with Crippen molar-refractivity contribution in [3.05, 3.63) is 59.8 Å². The molecule has 1 heterocycles. The van der Waals surface area contributed by atoms with Gasteiger partial charge in [0.1, 0.15) is 11.3 Å². The van der Waals surface area contributed by atoms with E-state index in [9.17, 15) is 4.79 Å². The quantitative estimate of drug-likeness (QED) is 0.639. The van der Waals surface area contributed by atoms with Gasteiger partial charge in [0.2, 0.25) is 0 Å². The van der Waals surface area contributed by atoms with E-state index in [1.165, 1.54) is 0 Å². The normalized spacial score (nSPS) is 14.1. The van der Waals surface area contributed by atoms with Crippen molar-refractivity contribution in [1.82, 2.24) is 4.98 Å². The number of aryl methyl sites for hydroxylation is 1. The first-order valence-electron chi connectivity index (χ1n) is 9.01. The van der Waals surface area contributed by atoms with Crippen LogP contribution in [0.25, 0.3) is 10.9 Å². The van der Waals surface area contributed by atoms with E-state index >= 15 is 0 Å². The molecule has 1 N–H and O–H groups in total. The number of para-hydroxylation sites is 2. The fourth-order valence-corrected chi connectivity index (χ4v) is 3.42. The Morgan fingerprint density at radius 1 is 1.15 bits per heavy atom. The summed E-state index contributed by atoms with van der Waals surface area (Å²) in [6.45, 7) is 2.06. The molecule has 3 aromatic rings. The van der Waals surface area contributed by atoms with Gasteiger partial charge >= 0.3 is 0 Å². The van der Waals surface area contributed by atoms with Gasteiger partial charge in [-0.15, -0.1) is 0 Å². The Morgan fingerprint density at radius 2 is 1.96 bits per heavy atom. The molecule has 0 amide bonds. The van der Waals surface area contributed by atoms with Crippen molar-refractivity contribution < 1.29 is 9.53 Å². The molecule has 0 spiro atoms. The Hall–Kier alpha value is -2.88. The van der Waals surface area contributed by atoms with E-state index in [2.05, 4.69) is 23.3 Å². The minimum Gasteiger partial charge on any atom is -0.494 e. The van der Waals surface area contributed by atoms with Crippen LogP contribution in [-0.4, -0.2) is 17.9 Å². The molecule has 1 aromatic heterocycles. The van der Waals surface area contributed by atoms with E-state index in [4.69, 9.17) is 4.74 Å². The summed E-state index contributed by atoms with van der Waals surface area (Å²) in [4.78, 5) is 17.6. The van der Waals surface area contributed by atoms with Gasteiger partial charge in [0, 0.05) is 23.2 Å². The molecule has 4 nitrogen and oxygen atoms in total. The van der Waals surface area contributed by atoms with E-state index in [1.807, 2.05) is 36.4 Å². The summed E-state index contributed by atoms with van der Waals surface area (Å²) in [5.41, 5.74) is 4.36. The van der Waals surface area contributed by atoms with Crippen molar-refractivity contribution in [2.45, 2.75) is 26.2 Å². The van der Waals surface area contributed by atoms with Gasteiger partial charge < -0.3 is 10.1 Å². The van der Waals surface area contributed by atoms with E-state index < -0.39 is 0 Å². The van der Waals surface area contributed by atoms with Crippen LogP contribution in [0.2, 0.25) is 0 Å². The molecule has 1 aliphatic rings. The molecule has 0 radical (unpaired) electrons. The summed E-state index contributed by atoms with van der Waals surface area (Å²) >= 11 is 0. The Kier molecular flexibility index (Phi) is 4.33. The number of anilines is 2. The van der Waals surface area contributed by atoms with Crippen molar-refractivity contribution in [2.24, 2.45) is 5.92 Å². The van der Waals surface area contributed by atoms with Crippen molar-refractivity contribution in [2.75, 3.05) is 12.4 Å². The predicted molar refractivity (Wildman–Crippen MR) is 104 cm³/mol. The lowest BCUT2D eigenvalue weighted by Gasteiger charge is -2.25. The number of fused-ring (bicyclic) bond motifs is 1. The second-order valence-electron chi connectivity index (χ2n) is 6.84. The van der Waals surface area contributed by atoms with Crippen LogP contribution in [0.3, 0.4) is 0 Å². The van der Waals surface area contributed by atoms with Crippen LogP contribution in [0.4, 0.5) is 11.4 Å². The van der Waals surface area contributed by atoms with Crippen LogP contribution in [0.5, 0.6) is 5.75 Å². The van der Waals surface area contributed by atoms with E-state index in [0.29, 0.717) is 11.3 Å². The predicted octanol–water partition coefficient (Wildman–Crippen LogP) is 5.28. The molecule has 2 aromatic carbocycles. The molecule has 1 fully saturated rings. The number of methoxy groups -OCH3 is 1. The number of ether oxygens (including phenoxy) is 1. The second-order valence-corrected chi connectivity index (χ2v) is 6.84. The zero-order valence-electron chi connectivity index (χ0n) is 15.1. The van der Waals surface area contributed by atoms with Crippen LogP contribution in [-0.2, 0) is 0 Å². The lowest BCUT2D eigenvalue weighted by atomic mass is 9.79. The Balaban J connectivity index is 1.90. The number of pyridine rings is 1. The average Bonchev–Trinajstić information content (AvgIpc) is 2.61. The number of aromatic nitrogens is 1. The topological polar surface area (TPSA) is 51.2 Å². The fourth-order valence-electron chi connectivity index (χ4n) is 3.42. The van der Waals surface area contributed by atoms with Crippen LogP contribution in [0, 0.1) is 12.8 Å². The smallest absolute Gasteiger partial charge is 0.169 e. The summed E-state index contributed by atoms with van der Waals surface area (Å²) in [5, 5.41) is 4.40. The average molecular weight is 346 g/mol. The third-order valence-corrected chi connectivity index (χ3v) is 5.23. The van der Waals surface area contributed by atoms with Crippen LogP contribution >= 0.6 is 0 Å². The van der Waals surface area contributed by atoms with Gasteiger partial charge in [-0.2, -0.15) is 0 Å². The minimum atomic E-state index is 0.122. The number of carbonyl (C=O) groups excluding carboxylic acids is 1. The number of nitrogens with zero attached hydrogens (tertiary/aromatic N) is 1. The number of rotatable bonds is 5. The third kappa shape index (κ3) is 2.81. The Morgan fingerprint density at radius 3 is 2.65 bits per heavy atom. The molecule has 4 heteroatoms. The van der Waals surface area contributed by atoms with Crippen molar-refractivity contribution >= 4 is 28.1 Å². The SMILES string of the molecule is COc1cccc2c(Nc3ccccc3C)c(C(=O)C3CCC3)cnc12. The monoisotopic (exact) mass is 346 g/mol. The second kappa shape index (κ2) is 6.79. The summed E-state index contributed by atoms with van der Waals surface area (Å²) in [6.07, 6.45) is 4.77. The lowest BCUT2D eigenvalue weighted by molar-refractivity contribution is 0.0856. The third-order valence-electron chi connectivity index (χ3n) is 5.23.